The van der Waals surface area contributed by atoms with Gasteiger partial charge in [-0.3, -0.25) is 0 Å². The van der Waals surface area contributed by atoms with E-state index in [9.17, 15) is 0 Å². The monoisotopic (exact) mass is 181 g/mol. The van der Waals surface area contributed by atoms with E-state index in [1.54, 1.807) is 0 Å². The van der Waals surface area contributed by atoms with E-state index >= 15 is 0 Å². The number of rotatable bonds is 2. The zero-order valence-electron chi connectivity index (χ0n) is 9.43. The van der Waals surface area contributed by atoms with Crippen molar-refractivity contribution in [3.05, 3.63) is 0 Å². The van der Waals surface area contributed by atoms with Crippen molar-refractivity contribution in [3.63, 3.8) is 0 Å². The van der Waals surface area contributed by atoms with Gasteiger partial charge in [-0.15, -0.1) is 0 Å². The van der Waals surface area contributed by atoms with E-state index in [4.69, 9.17) is 0 Å². The van der Waals surface area contributed by atoms with Gasteiger partial charge in [0.15, 0.2) is 0 Å². The maximum absolute atomic E-state index is 3.78. The molecule has 0 amide bonds. The smallest absolute Gasteiger partial charge is 0.0204 e. The normalized spacial score (nSPS) is 43.8. The van der Waals surface area contributed by atoms with Crippen LogP contribution < -0.4 is 5.32 Å². The SMILES string of the molecule is CC(C)C1CC2(C1)CC(C(C)C)N2. The predicted molar refractivity (Wildman–Crippen MR) is 56.7 cm³/mol. The molecule has 1 aliphatic carbocycles. The van der Waals surface area contributed by atoms with Gasteiger partial charge in [-0.2, -0.15) is 0 Å². The summed E-state index contributed by atoms with van der Waals surface area (Å²) in [7, 11) is 0. The van der Waals surface area contributed by atoms with E-state index in [0.29, 0.717) is 5.54 Å². The molecule has 0 aromatic rings. The Hall–Kier alpha value is -0.0400. The van der Waals surface area contributed by atoms with Gasteiger partial charge in [-0.05, 0) is 37.0 Å². The maximum atomic E-state index is 3.78. The fraction of sp³-hybridized carbons (Fsp3) is 1.00. The molecule has 1 unspecified atom stereocenters. The van der Waals surface area contributed by atoms with E-state index in [2.05, 4.69) is 33.0 Å². The van der Waals surface area contributed by atoms with Crippen LogP contribution in [0.15, 0.2) is 0 Å². The van der Waals surface area contributed by atoms with Crippen molar-refractivity contribution in [1.29, 1.82) is 0 Å². The van der Waals surface area contributed by atoms with Gasteiger partial charge >= 0.3 is 0 Å². The molecule has 0 aromatic heterocycles. The fourth-order valence-electron chi connectivity index (χ4n) is 2.90. The van der Waals surface area contributed by atoms with Gasteiger partial charge in [-0.25, -0.2) is 0 Å². The Bertz CT molecular complexity index is 158. The third-order valence-electron chi connectivity index (χ3n) is 4.16. The molecule has 1 aliphatic heterocycles. The lowest BCUT2D eigenvalue weighted by atomic mass is 9.57. The summed E-state index contributed by atoms with van der Waals surface area (Å²) in [6.07, 6.45) is 4.32. The molecule has 1 atom stereocenters. The Balaban J connectivity index is 1.76. The van der Waals surface area contributed by atoms with Crippen molar-refractivity contribution in [3.8, 4) is 0 Å². The van der Waals surface area contributed by atoms with Gasteiger partial charge in [0.2, 0.25) is 0 Å². The van der Waals surface area contributed by atoms with Crippen molar-refractivity contribution in [1.82, 2.24) is 5.32 Å². The highest BCUT2D eigenvalue weighted by Gasteiger charge is 2.53. The number of nitrogens with one attached hydrogen (secondary N) is 1. The summed E-state index contributed by atoms with van der Waals surface area (Å²) >= 11 is 0. The Morgan fingerprint density at radius 3 is 1.92 bits per heavy atom. The minimum atomic E-state index is 0.601. The van der Waals surface area contributed by atoms with Crippen LogP contribution in [-0.4, -0.2) is 11.6 Å². The standard InChI is InChI=1S/C12H23N/c1-8(2)10-5-12(6-10)7-11(13-12)9(3)4/h8-11,13H,5-7H2,1-4H3. The third-order valence-corrected chi connectivity index (χ3v) is 4.16. The second-order valence-electron chi connectivity index (χ2n) is 5.89. The molecule has 1 heterocycles. The molecule has 2 aliphatic rings. The van der Waals surface area contributed by atoms with Crippen LogP contribution >= 0.6 is 0 Å². The van der Waals surface area contributed by atoms with E-state index < -0.39 is 0 Å². The lowest BCUT2D eigenvalue weighted by Crippen LogP contribution is -2.71. The Kier molecular flexibility index (Phi) is 2.18. The maximum Gasteiger partial charge on any atom is 0.0204 e. The molecule has 2 fully saturated rings. The first-order valence-corrected chi connectivity index (χ1v) is 5.80. The Morgan fingerprint density at radius 2 is 1.54 bits per heavy atom. The van der Waals surface area contributed by atoms with E-state index in [1.165, 1.54) is 19.3 Å². The molecule has 0 bridgehead atoms. The van der Waals surface area contributed by atoms with Crippen LogP contribution in [0, 0.1) is 17.8 Å². The highest BCUT2D eigenvalue weighted by molar-refractivity contribution is 5.12. The molecule has 76 valence electrons. The zero-order valence-corrected chi connectivity index (χ0v) is 9.43. The summed E-state index contributed by atoms with van der Waals surface area (Å²) in [6.45, 7) is 9.36. The van der Waals surface area contributed by atoms with E-state index in [0.717, 1.165) is 23.8 Å². The molecule has 1 N–H and O–H groups in total. The molecule has 0 aromatic carbocycles. The van der Waals surface area contributed by atoms with Gasteiger partial charge in [0.1, 0.15) is 0 Å². The molecule has 0 radical (unpaired) electrons. The van der Waals surface area contributed by atoms with Gasteiger partial charge in [-0.1, -0.05) is 27.7 Å². The molecule has 1 saturated heterocycles. The van der Waals surface area contributed by atoms with Crippen molar-refractivity contribution in [2.45, 2.75) is 58.5 Å². The predicted octanol–water partition coefficient (Wildman–Crippen LogP) is 2.81. The quantitative estimate of drug-likeness (QED) is 0.690. The van der Waals surface area contributed by atoms with Crippen LogP contribution in [0.5, 0.6) is 0 Å². The molecule has 2 rings (SSSR count). The summed E-state index contributed by atoms with van der Waals surface area (Å²) in [4.78, 5) is 0. The lowest BCUT2D eigenvalue weighted by molar-refractivity contribution is -0.0295. The van der Waals surface area contributed by atoms with Crippen LogP contribution in [-0.2, 0) is 0 Å². The summed E-state index contributed by atoms with van der Waals surface area (Å²) in [5, 5.41) is 3.78. The molecule has 13 heavy (non-hydrogen) atoms. The Labute approximate surface area is 82.3 Å². The molecule has 1 heteroatoms. The third kappa shape index (κ3) is 1.52. The average Bonchev–Trinajstić information content (AvgIpc) is 1.78. The van der Waals surface area contributed by atoms with Gasteiger partial charge < -0.3 is 5.32 Å². The van der Waals surface area contributed by atoms with Crippen LogP contribution in [0.2, 0.25) is 0 Å². The lowest BCUT2D eigenvalue weighted by Gasteiger charge is -2.61. The topological polar surface area (TPSA) is 12.0 Å². The molecule has 1 saturated carbocycles. The van der Waals surface area contributed by atoms with Gasteiger partial charge in [0.25, 0.3) is 0 Å². The van der Waals surface area contributed by atoms with Crippen LogP contribution in [0.25, 0.3) is 0 Å². The highest BCUT2D eigenvalue weighted by atomic mass is 15.1. The van der Waals surface area contributed by atoms with E-state index in [1.807, 2.05) is 0 Å². The second kappa shape index (κ2) is 2.98. The first kappa shape index (κ1) is 9.51. The van der Waals surface area contributed by atoms with Crippen molar-refractivity contribution >= 4 is 0 Å². The first-order chi connectivity index (χ1) is 6.02. The fourth-order valence-corrected chi connectivity index (χ4v) is 2.90. The average molecular weight is 181 g/mol. The van der Waals surface area contributed by atoms with Crippen LogP contribution in [0.1, 0.15) is 47.0 Å². The van der Waals surface area contributed by atoms with Gasteiger partial charge in [0.05, 0.1) is 0 Å². The summed E-state index contributed by atoms with van der Waals surface area (Å²) in [5.41, 5.74) is 0.601. The number of hydrogen-bond donors (Lipinski definition) is 1. The first-order valence-electron chi connectivity index (χ1n) is 5.80. The van der Waals surface area contributed by atoms with Gasteiger partial charge in [0, 0.05) is 11.6 Å². The molecule has 1 spiro atoms. The Morgan fingerprint density at radius 1 is 1.00 bits per heavy atom. The van der Waals surface area contributed by atoms with Crippen LogP contribution in [0.3, 0.4) is 0 Å². The van der Waals surface area contributed by atoms with Crippen LogP contribution in [0.4, 0.5) is 0 Å². The minimum Gasteiger partial charge on any atom is -0.308 e. The molecule has 1 nitrogen and oxygen atoms in total. The summed E-state index contributed by atoms with van der Waals surface area (Å²) < 4.78 is 0. The summed E-state index contributed by atoms with van der Waals surface area (Å²) in [5.74, 6) is 2.72. The zero-order chi connectivity index (χ0) is 9.64. The highest BCUT2D eigenvalue weighted by Crippen LogP contribution is 2.50. The minimum absolute atomic E-state index is 0.601. The molecular formula is C12H23N. The van der Waals surface area contributed by atoms with Crippen molar-refractivity contribution in [2.24, 2.45) is 17.8 Å². The van der Waals surface area contributed by atoms with Crippen molar-refractivity contribution in [2.75, 3.05) is 0 Å². The second-order valence-corrected chi connectivity index (χ2v) is 5.89. The van der Waals surface area contributed by atoms with Crippen molar-refractivity contribution < 1.29 is 0 Å². The summed E-state index contributed by atoms with van der Waals surface area (Å²) in [6, 6.07) is 0.813. The largest absolute Gasteiger partial charge is 0.308 e. The molecular weight excluding hydrogens is 158 g/mol. The van der Waals surface area contributed by atoms with E-state index in [-0.39, 0.29) is 0 Å². The number of hydrogen-bond acceptors (Lipinski definition) is 1.